The van der Waals surface area contributed by atoms with Gasteiger partial charge in [-0.3, -0.25) is 0 Å². The Balaban J connectivity index is 1.21. The van der Waals surface area contributed by atoms with Gasteiger partial charge in [-0.05, 0) is 106 Å². The first kappa shape index (κ1) is 24.0. The van der Waals surface area contributed by atoms with Gasteiger partial charge < -0.3 is 9.88 Å². The van der Waals surface area contributed by atoms with Crippen LogP contribution in [0.1, 0.15) is 47.4 Å². The molecule has 1 N–H and O–H groups in total. The van der Waals surface area contributed by atoms with Crippen molar-refractivity contribution in [2.45, 2.75) is 33.1 Å². The summed E-state index contributed by atoms with van der Waals surface area (Å²) in [6.07, 6.45) is 4.53. The van der Waals surface area contributed by atoms with Gasteiger partial charge in [0.25, 0.3) is 0 Å². The van der Waals surface area contributed by atoms with E-state index in [1.54, 1.807) is 0 Å². The van der Waals surface area contributed by atoms with Crippen molar-refractivity contribution in [2.24, 2.45) is 0 Å². The number of para-hydroxylation sites is 1. The number of fused-ring (bicyclic) bond motifs is 6. The highest BCUT2D eigenvalue weighted by Gasteiger charge is 2.36. The fourth-order valence-corrected chi connectivity index (χ4v) is 7.00. The lowest BCUT2D eigenvalue weighted by Crippen LogP contribution is -2.15. The highest BCUT2D eigenvalue weighted by molar-refractivity contribution is 5.95. The molecule has 1 aromatic heterocycles. The summed E-state index contributed by atoms with van der Waals surface area (Å²) in [5.41, 5.74) is 17.7. The van der Waals surface area contributed by atoms with E-state index in [1.165, 1.54) is 72.4 Å². The second-order valence-electron chi connectivity index (χ2n) is 12.0. The summed E-state index contributed by atoms with van der Waals surface area (Å²) in [6, 6.07) is 37.9. The highest BCUT2D eigenvalue weighted by Crippen LogP contribution is 2.51. The zero-order chi connectivity index (χ0) is 27.9. The van der Waals surface area contributed by atoms with Gasteiger partial charge in [-0.25, -0.2) is 0 Å². The Morgan fingerprint density at radius 3 is 2.15 bits per heavy atom. The van der Waals surface area contributed by atoms with E-state index in [0.717, 1.165) is 11.4 Å². The Morgan fingerprint density at radius 2 is 1.32 bits per heavy atom. The molecule has 0 saturated carbocycles. The zero-order valence-electron chi connectivity index (χ0n) is 23.9. The molecule has 41 heavy (non-hydrogen) atoms. The molecule has 0 fully saturated rings. The molecule has 1 aliphatic heterocycles. The second kappa shape index (κ2) is 8.59. The molecule has 0 spiro atoms. The molecule has 0 unspecified atom stereocenters. The Labute approximate surface area is 241 Å². The van der Waals surface area contributed by atoms with Crippen LogP contribution < -0.4 is 5.32 Å². The third-order valence-electron chi connectivity index (χ3n) is 9.39. The predicted molar refractivity (Wildman–Crippen MR) is 174 cm³/mol. The number of aromatic nitrogens is 1. The maximum Gasteiger partial charge on any atom is 0.0540 e. The molecule has 0 saturated heterocycles. The quantitative estimate of drug-likeness (QED) is 0.236. The van der Waals surface area contributed by atoms with Gasteiger partial charge in [-0.15, -0.1) is 0 Å². The lowest BCUT2D eigenvalue weighted by molar-refractivity contribution is 0.660. The fourth-order valence-electron chi connectivity index (χ4n) is 7.00. The van der Waals surface area contributed by atoms with E-state index in [0.29, 0.717) is 0 Å². The first-order chi connectivity index (χ1) is 19.9. The average Bonchev–Trinajstić information content (AvgIpc) is 3.27. The average molecular weight is 529 g/mol. The minimum absolute atomic E-state index is 0.00606. The van der Waals surface area contributed by atoms with Crippen molar-refractivity contribution in [2.75, 3.05) is 5.32 Å². The van der Waals surface area contributed by atoms with Gasteiger partial charge in [0.15, 0.2) is 0 Å². The van der Waals surface area contributed by atoms with Crippen molar-refractivity contribution in [3.8, 4) is 27.9 Å². The number of benzene rings is 5. The molecule has 6 aromatic rings. The van der Waals surface area contributed by atoms with E-state index in [1.807, 2.05) is 0 Å². The number of anilines is 2. The molecule has 2 heteroatoms. The molecule has 5 aromatic carbocycles. The minimum atomic E-state index is -0.00606. The summed E-state index contributed by atoms with van der Waals surface area (Å²) in [4.78, 5) is 0. The normalized spacial score (nSPS) is 14.1. The van der Waals surface area contributed by atoms with Crippen LogP contribution in [0.5, 0.6) is 0 Å². The van der Waals surface area contributed by atoms with Crippen LogP contribution in [0.3, 0.4) is 0 Å². The van der Waals surface area contributed by atoms with Crippen molar-refractivity contribution in [3.05, 3.63) is 137 Å². The summed E-state index contributed by atoms with van der Waals surface area (Å²) in [5, 5.41) is 5.08. The summed E-state index contributed by atoms with van der Waals surface area (Å²) in [6.45, 7) is 9.12. The van der Waals surface area contributed by atoms with Crippen molar-refractivity contribution in [1.82, 2.24) is 4.57 Å². The topological polar surface area (TPSA) is 17.0 Å². The van der Waals surface area contributed by atoms with Crippen molar-refractivity contribution in [1.29, 1.82) is 0 Å². The van der Waals surface area contributed by atoms with Crippen LogP contribution in [0.2, 0.25) is 0 Å². The maximum atomic E-state index is 3.77. The molecule has 0 bridgehead atoms. The van der Waals surface area contributed by atoms with Crippen LogP contribution in [0.25, 0.3) is 51.0 Å². The summed E-state index contributed by atoms with van der Waals surface area (Å²) in [5.74, 6) is 0. The predicted octanol–water partition coefficient (Wildman–Crippen LogP) is 10.4. The van der Waals surface area contributed by atoms with E-state index in [9.17, 15) is 0 Å². The Bertz CT molecular complexity index is 2050. The van der Waals surface area contributed by atoms with Crippen LogP contribution >= 0.6 is 0 Å². The van der Waals surface area contributed by atoms with Gasteiger partial charge in [0.05, 0.1) is 5.52 Å². The number of nitrogens with zero attached hydrogens (tertiary/aromatic N) is 1. The molecule has 0 atom stereocenters. The van der Waals surface area contributed by atoms with Crippen LogP contribution in [-0.2, 0) is 5.41 Å². The molecule has 2 aliphatic rings. The van der Waals surface area contributed by atoms with Gasteiger partial charge in [-0.2, -0.15) is 0 Å². The van der Waals surface area contributed by atoms with E-state index >= 15 is 0 Å². The number of aryl methyl sites for hydroxylation is 1. The third-order valence-corrected chi connectivity index (χ3v) is 9.39. The lowest BCUT2D eigenvalue weighted by atomic mass is 9.82. The number of rotatable bonds is 2. The Kier molecular flexibility index (Phi) is 5.03. The Hall–Kier alpha value is -4.82. The monoisotopic (exact) mass is 528 g/mol. The van der Waals surface area contributed by atoms with Gasteiger partial charge in [0.2, 0.25) is 0 Å². The molecule has 2 heterocycles. The van der Waals surface area contributed by atoms with E-state index in [2.05, 4.69) is 153 Å². The third kappa shape index (κ3) is 3.50. The maximum absolute atomic E-state index is 3.77. The molecule has 0 radical (unpaired) electrons. The van der Waals surface area contributed by atoms with Crippen LogP contribution in [0.4, 0.5) is 11.4 Å². The molecule has 8 rings (SSSR count). The largest absolute Gasteiger partial charge is 0.355 e. The van der Waals surface area contributed by atoms with Gasteiger partial charge >= 0.3 is 0 Å². The lowest BCUT2D eigenvalue weighted by Gasteiger charge is -2.22. The van der Waals surface area contributed by atoms with Crippen LogP contribution in [0, 0.1) is 13.8 Å². The summed E-state index contributed by atoms with van der Waals surface area (Å²) < 4.78 is 2.38. The summed E-state index contributed by atoms with van der Waals surface area (Å²) >= 11 is 0. The smallest absolute Gasteiger partial charge is 0.0540 e. The first-order valence-electron chi connectivity index (χ1n) is 14.5. The minimum Gasteiger partial charge on any atom is -0.355 e. The number of hydrogen-bond donors (Lipinski definition) is 1. The molecule has 1 aliphatic carbocycles. The van der Waals surface area contributed by atoms with Crippen LogP contribution in [-0.4, -0.2) is 4.57 Å². The number of hydrogen-bond acceptors (Lipinski definition) is 1. The van der Waals surface area contributed by atoms with E-state index in [4.69, 9.17) is 0 Å². The Morgan fingerprint density at radius 1 is 0.610 bits per heavy atom. The van der Waals surface area contributed by atoms with Crippen LogP contribution in [0.15, 0.2) is 103 Å². The number of nitrogens with one attached hydrogen (secondary N) is 1. The molecular formula is C39H32N2. The molecular weight excluding hydrogens is 496 g/mol. The second-order valence-corrected chi connectivity index (χ2v) is 12.0. The molecule has 2 nitrogen and oxygen atoms in total. The highest BCUT2D eigenvalue weighted by atomic mass is 15.0. The molecule has 0 amide bonds. The van der Waals surface area contributed by atoms with E-state index < -0.39 is 0 Å². The first-order valence-corrected chi connectivity index (χ1v) is 14.5. The fraction of sp³-hybridized carbons (Fsp3) is 0.128. The van der Waals surface area contributed by atoms with Gasteiger partial charge in [-0.1, -0.05) is 86.7 Å². The molecule has 198 valence electrons. The van der Waals surface area contributed by atoms with Crippen molar-refractivity contribution < 1.29 is 0 Å². The standard InChI is InChI=1S/C39H32N2/c1-24-25(2)41(30-10-6-5-7-11-30)38-22-27(16-18-31(24)38)26-17-19-36-28(20-26)14-15-29-21-35-33(23-37(29)40-36)32-12-8-9-13-34(32)39(35,3)4/h5-23,40H,1-4H3. The summed E-state index contributed by atoms with van der Waals surface area (Å²) in [7, 11) is 0. The van der Waals surface area contributed by atoms with Crippen molar-refractivity contribution >= 4 is 34.4 Å². The van der Waals surface area contributed by atoms with Crippen molar-refractivity contribution in [3.63, 3.8) is 0 Å². The van der Waals surface area contributed by atoms with E-state index in [-0.39, 0.29) is 5.41 Å². The SMILES string of the molecule is Cc1c(C)n(-c2ccccc2)c2cc(-c3ccc4c(c3)C=Cc3cc5c(cc3N4)-c3ccccc3C5(C)C)ccc12. The zero-order valence-corrected chi connectivity index (χ0v) is 23.9. The van der Waals surface area contributed by atoms with Gasteiger partial charge in [0, 0.05) is 33.6 Å². The van der Waals surface area contributed by atoms with Gasteiger partial charge in [0.1, 0.15) is 0 Å².